The summed E-state index contributed by atoms with van der Waals surface area (Å²) >= 11 is 0. The standard InChI is InChI=1S/C66H124NO8P/c1-6-8-10-12-14-16-18-20-22-24-25-26-27-28-29-30-31-32-33-34-35-36-37-38-39-40-41-43-45-47-49-51-53-55-57-59-66(69)75-64(63-74-76(70,71)73-61-60-67(3,4)5)62-72-65(68)58-56-54-52-50-48-46-44-42-23-21-19-17-15-13-11-9-7-2/h15,17-18,20-21,23-25,64H,6-14,16,19,22,26-63H2,1-5H3/b17-15-,20-18-,23-21-,25-24-. The van der Waals surface area contributed by atoms with Gasteiger partial charge in [0.2, 0.25) is 0 Å². The van der Waals surface area contributed by atoms with E-state index in [1.54, 1.807) is 0 Å². The summed E-state index contributed by atoms with van der Waals surface area (Å²) in [6, 6.07) is 0. The van der Waals surface area contributed by atoms with Crippen molar-refractivity contribution in [3.63, 3.8) is 0 Å². The largest absolute Gasteiger partial charge is 0.756 e. The van der Waals surface area contributed by atoms with Crippen molar-refractivity contribution in [2.45, 2.75) is 315 Å². The maximum Gasteiger partial charge on any atom is 0.306 e. The molecule has 0 amide bonds. The molecule has 0 aliphatic carbocycles. The Morgan fingerprint density at radius 1 is 0.408 bits per heavy atom. The maximum atomic E-state index is 12.8. The fraction of sp³-hybridized carbons (Fsp3) is 0.848. The minimum Gasteiger partial charge on any atom is -0.756 e. The number of esters is 2. The topological polar surface area (TPSA) is 111 Å². The van der Waals surface area contributed by atoms with Gasteiger partial charge in [0, 0.05) is 12.8 Å². The van der Waals surface area contributed by atoms with Crippen molar-refractivity contribution in [2.75, 3.05) is 47.5 Å². The van der Waals surface area contributed by atoms with Gasteiger partial charge in [-0.25, -0.2) is 0 Å². The maximum absolute atomic E-state index is 12.8. The quantitative estimate of drug-likeness (QED) is 0.0195. The predicted molar refractivity (Wildman–Crippen MR) is 324 cm³/mol. The van der Waals surface area contributed by atoms with Crippen molar-refractivity contribution in [1.29, 1.82) is 0 Å². The van der Waals surface area contributed by atoms with E-state index in [1.165, 1.54) is 218 Å². The average molecular weight is 1090 g/mol. The summed E-state index contributed by atoms with van der Waals surface area (Å²) in [5.41, 5.74) is 0. The molecule has 0 radical (unpaired) electrons. The lowest BCUT2D eigenvalue weighted by Gasteiger charge is -2.28. The molecule has 446 valence electrons. The van der Waals surface area contributed by atoms with Crippen LogP contribution in [0.3, 0.4) is 0 Å². The highest BCUT2D eigenvalue weighted by atomic mass is 31.2. The summed E-state index contributed by atoms with van der Waals surface area (Å²) in [6.07, 6.45) is 73.3. The zero-order chi connectivity index (χ0) is 55.6. The molecule has 2 unspecified atom stereocenters. The van der Waals surface area contributed by atoms with E-state index in [9.17, 15) is 19.0 Å². The minimum atomic E-state index is -4.64. The lowest BCUT2D eigenvalue weighted by atomic mass is 10.0. The molecule has 0 bridgehead atoms. The summed E-state index contributed by atoms with van der Waals surface area (Å²) < 4.78 is 34.2. The SMILES string of the molecule is CCCCC/C=C\C/C=C\CCCCCCCCCC(=O)OCC(COP(=O)([O-])OCC[N+](C)(C)C)OC(=O)CCCCCCCCCCCCCCCCCCCCCCCCC/C=C\C/C=C\CCCCCCC. The fourth-order valence-corrected chi connectivity index (χ4v) is 10.0. The minimum absolute atomic E-state index is 0.0311. The lowest BCUT2D eigenvalue weighted by Crippen LogP contribution is -2.37. The van der Waals surface area contributed by atoms with Crippen molar-refractivity contribution >= 4 is 19.8 Å². The van der Waals surface area contributed by atoms with E-state index >= 15 is 0 Å². The number of likely N-dealkylation sites (N-methyl/N-ethyl adjacent to an activating group) is 1. The van der Waals surface area contributed by atoms with Crippen LogP contribution in [-0.2, 0) is 32.7 Å². The van der Waals surface area contributed by atoms with Crippen LogP contribution in [0.5, 0.6) is 0 Å². The molecule has 0 aliphatic heterocycles. The Hall–Kier alpha value is -2.03. The molecule has 2 atom stereocenters. The number of hydrogen-bond donors (Lipinski definition) is 0. The summed E-state index contributed by atoms with van der Waals surface area (Å²) in [4.78, 5) is 37.9. The van der Waals surface area contributed by atoms with Crippen LogP contribution in [0.1, 0.15) is 309 Å². The zero-order valence-electron chi connectivity index (χ0n) is 50.7. The van der Waals surface area contributed by atoms with Gasteiger partial charge >= 0.3 is 11.9 Å². The number of phosphoric acid groups is 1. The predicted octanol–water partition coefficient (Wildman–Crippen LogP) is 19.9. The number of unbranched alkanes of at least 4 members (excludes halogenated alkanes) is 38. The second-order valence-electron chi connectivity index (χ2n) is 23.1. The number of allylic oxidation sites excluding steroid dienone is 8. The van der Waals surface area contributed by atoms with Crippen LogP contribution < -0.4 is 4.89 Å². The summed E-state index contributed by atoms with van der Waals surface area (Å²) in [5.74, 6) is -0.830. The van der Waals surface area contributed by atoms with E-state index in [0.717, 1.165) is 57.8 Å². The van der Waals surface area contributed by atoms with E-state index in [1.807, 2.05) is 21.1 Å². The molecule has 0 aromatic heterocycles. The van der Waals surface area contributed by atoms with Gasteiger partial charge in [-0.3, -0.25) is 14.2 Å². The fourth-order valence-electron chi connectivity index (χ4n) is 9.31. The Morgan fingerprint density at radius 2 is 0.711 bits per heavy atom. The molecular weight excluding hydrogens is 966 g/mol. The molecule has 76 heavy (non-hydrogen) atoms. The van der Waals surface area contributed by atoms with E-state index in [-0.39, 0.29) is 32.0 Å². The van der Waals surface area contributed by atoms with Crippen LogP contribution in [0.2, 0.25) is 0 Å². The van der Waals surface area contributed by atoms with Gasteiger partial charge in [0.05, 0.1) is 27.7 Å². The van der Waals surface area contributed by atoms with Gasteiger partial charge in [0.15, 0.2) is 6.10 Å². The Bertz CT molecular complexity index is 1420. The third-order valence-corrected chi connectivity index (χ3v) is 15.3. The molecular formula is C66H124NO8P. The Morgan fingerprint density at radius 3 is 1.07 bits per heavy atom. The first kappa shape index (κ1) is 74.0. The zero-order valence-corrected chi connectivity index (χ0v) is 51.6. The smallest absolute Gasteiger partial charge is 0.306 e. The van der Waals surface area contributed by atoms with Gasteiger partial charge in [-0.05, 0) is 77.0 Å². The van der Waals surface area contributed by atoms with E-state index < -0.39 is 26.5 Å². The molecule has 0 rings (SSSR count). The molecule has 0 heterocycles. The van der Waals surface area contributed by atoms with Crippen molar-refractivity contribution in [3.05, 3.63) is 48.6 Å². The molecule has 0 aromatic carbocycles. The average Bonchev–Trinajstić information content (AvgIpc) is 3.38. The van der Waals surface area contributed by atoms with E-state index in [4.69, 9.17) is 18.5 Å². The Labute approximate surface area is 471 Å². The molecule has 0 N–H and O–H groups in total. The first-order valence-corrected chi connectivity index (χ1v) is 33.8. The molecule has 9 nitrogen and oxygen atoms in total. The van der Waals surface area contributed by atoms with Crippen LogP contribution in [0, 0.1) is 0 Å². The first-order valence-electron chi connectivity index (χ1n) is 32.3. The molecule has 0 fully saturated rings. The van der Waals surface area contributed by atoms with Gasteiger partial charge < -0.3 is 27.9 Å². The number of rotatable bonds is 60. The van der Waals surface area contributed by atoms with E-state index in [0.29, 0.717) is 17.4 Å². The van der Waals surface area contributed by atoms with Gasteiger partial charge in [-0.15, -0.1) is 0 Å². The van der Waals surface area contributed by atoms with Gasteiger partial charge in [0.25, 0.3) is 7.82 Å². The number of hydrogen-bond acceptors (Lipinski definition) is 8. The van der Waals surface area contributed by atoms with Crippen LogP contribution in [-0.4, -0.2) is 70.0 Å². The van der Waals surface area contributed by atoms with Gasteiger partial charge in [-0.2, -0.15) is 0 Å². The van der Waals surface area contributed by atoms with E-state index in [2.05, 4.69) is 62.5 Å². The third-order valence-electron chi connectivity index (χ3n) is 14.3. The first-order chi connectivity index (χ1) is 37.0. The van der Waals surface area contributed by atoms with Crippen LogP contribution in [0.25, 0.3) is 0 Å². The number of carbonyl (C=O) groups is 2. The number of ether oxygens (including phenoxy) is 2. The highest BCUT2D eigenvalue weighted by molar-refractivity contribution is 7.45. The number of phosphoric ester groups is 1. The van der Waals surface area contributed by atoms with Crippen molar-refractivity contribution in [2.24, 2.45) is 0 Å². The van der Waals surface area contributed by atoms with Crippen LogP contribution >= 0.6 is 7.82 Å². The second-order valence-corrected chi connectivity index (χ2v) is 24.5. The molecule has 0 spiro atoms. The molecule has 0 aliphatic rings. The molecule has 10 heteroatoms. The highest BCUT2D eigenvalue weighted by Gasteiger charge is 2.22. The number of nitrogens with zero attached hydrogens (tertiary/aromatic N) is 1. The Kier molecular flexibility index (Phi) is 56.1. The molecule has 0 aromatic rings. The summed E-state index contributed by atoms with van der Waals surface area (Å²) in [5, 5.41) is 0. The monoisotopic (exact) mass is 1090 g/mol. The van der Waals surface area contributed by atoms with Crippen molar-refractivity contribution in [3.8, 4) is 0 Å². The van der Waals surface area contributed by atoms with Crippen molar-refractivity contribution in [1.82, 2.24) is 0 Å². The third kappa shape index (κ3) is 61.2. The summed E-state index contributed by atoms with van der Waals surface area (Å²) in [7, 11) is 1.17. The molecule has 0 saturated carbocycles. The molecule has 0 saturated heterocycles. The highest BCUT2D eigenvalue weighted by Crippen LogP contribution is 2.38. The normalized spacial score (nSPS) is 13.5. The van der Waals surface area contributed by atoms with Gasteiger partial charge in [0.1, 0.15) is 19.8 Å². The van der Waals surface area contributed by atoms with Crippen molar-refractivity contribution < 1.29 is 42.1 Å². The van der Waals surface area contributed by atoms with Gasteiger partial charge in [-0.1, -0.05) is 268 Å². The second kappa shape index (κ2) is 57.6. The Balaban J connectivity index is 3.97. The summed E-state index contributed by atoms with van der Waals surface area (Å²) in [6.45, 7) is 4.23. The lowest BCUT2D eigenvalue weighted by molar-refractivity contribution is -0.870. The van der Waals surface area contributed by atoms with Crippen LogP contribution in [0.4, 0.5) is 0 Å². The number of carbonyl (C=O) groups excluding carboxylic acids is 2. The van der Waals surface area contributed by atoms with Crippen LogP contribution in [0.15, 0.2) is 48.6 Å². The number of quaternary nitrogens is 1.